The highest BCUT2D eigenvalue weighted by Crippen LogP contribution is 2.24. The molecule has 0 saturated carbocycles. The molecule has 18 heavy (non-hydrogen) atoms. The van der Waals surface area contributed by atoms with Crippen molar-refractivity contribution in [3.05, 3.63) is 42.3 Å². The Balaban J connectivity index is 1.94. The van der Waals surface area contributed by atoms with Crippen LogP contribution >= 0.6 is 0 Å². The van der Waals surface area contributed by atoms with Gasteiger partial charge in [-0.25, -0.2) is 4.98 Å². The summed E-state index contributed by atoms with van der Waals surface area (Å²) in [5.74, 6) is 0.913. The Labute approximate surface area is 103 Å². The minimum absolute atomic E-state index is 0.303. The number of hydrogen-bond donors (Lipinski definition) is 1. The van der Waals surface area contributed by atoms with E-state index in [0.29, 0.717) is 17.5 Å². The van der Waals surface area contributed by atoms with Crippen LogP contribution in [0.1, 0.15) is 5.69 Å². The number of benzene rings is 1. The van der Waals surface area contributed by atoms with Gasteiger partial charge in [-0.3, -0.25) is 0 Å². The first-order chi connectivity index (χ1) is 8.72. The molecule has 3 rings (SSSR count). The largest absolute Gasteiger partial charge is 0.444 e. The van der Waals surface area contributed by atoms with Crippen LogP contribution in [-0.4, -0.2) is 10.1 Å². The second kappa shape index (κ2) is 4.03. The molecule has 0 aliphatic rings. The number of nitrogens with two attached hydrogens (primary N) is 1. The van der Waals surface area contributed by atoms with Crippen LogP contribution in [0.15, 0.2) is 45.5 Å². The highest BCUT2D eigenvalue weighted by molar-refractivity contribution is 5.65. The van der Waals surface area contributed by atoms with Gasteiger partial charge in [0.25, 0.3) is 0 Å². The summed E-state index contributed by atoms with van der Waals surface area (Å²) in [7, 11) is 0. The third-order valence-corrected chi connectivity index (χ3v) is 2.58. The van der Waals surface area contributed by atoms with E-state index < -0.39 is 0 Å². The molecular weight excluding hydrogens is 230 g/mol. The van der Waals surface area contributed by atoms with Gasteiger partial charge >= 0.3 is 0 Å². The summed E-state index contributed by atoms with van der Waals surface area (Å²) in [5, 5.41) is 3.85. The summed E-state index contributed by atoms with van der Waals surface area (Å²) in [6.07, 6.45) is 1.63. The smallest absolute Gasteiger partial charge is 0.226 e. The molecule has 0 spiro atoms. The molecule has 0 unspecified atom stereocenters. The Morgan fingerprint density at radius 1 is 1.11 bits per heavy atom. The first-order valence-corrected chi connectivity index (χ1v) is 5.47. The number of rotatable bonds is 2. The van der Waals surface area contributed by atoms with E-state index in [2.05, 4.69) is 10.1 Å². The fraction of sp³-hybridized carbons (Fsp3) is 0.0769. The van der Waals surface area contributed by atoms with E-state index in [4.69, 9.17) is 14.7 Å². The van der Waals surface area contributed by atoms with E-state index in [0.717, 1.165) is 16.8 Å². The summed E-state index contributed by atoms with van der Waals surface area (Å²) >= 11 is 0. The second-order valence-corrected chi connectivity index (χ2v) is 3.99. The Bertz CT molecular complexity index is 608. The van der Waals surface area contributed by atoms with E-state index in [1.54, 1.807) is 12.3 Å². The molecule has 5 nitrogen and oxygen atoms in total. The zero-order valence-corrected chi connectivity index (χ0v) is 9.75. The van der Waals surface area contributed by atoms with Crippen molar-refractivity contribution in [1.82, 2.24) is 10.1 Å². The van der Waals surface area contributed by atoms with Crippen LogP contribution in [0, 0.1) is 6.92 Å². The molecule has 0 atom stereocenters. The van der Waals surface area contributed by atoms with E-state index >= 15 is 0 Å². The minimum atomic E-state index is 0.303. The molecule has 2 N–H and O–H groups in total. The van der Waals surface area contributed by atoms with Crippen molar-refractivity contribution in [2.24, 2.45) is 0 Å². The lowest BCUT2D eigenvalue weighted by molar-refractivity contribution is 0.439. The molecule has 5 heteroatoms. The highest BCUT2D eigenvalue weighted by atomic mass is 16.5. The fourth-order valence-corrected chi connectivity index (χ4v) is 1.70. The van der Waals surface area contributed by atoms with Crippen LogP contribution in [0.25, 0.3) is 22.7 Å². The van der Waals surface area contributed by atoms with Gasteiger partial charge in [-0.1, -0.05) is 17.3 Å². The Hall–Kier alpha value is -2.56. The van der Waals surface area contributed by atoms with Crippen LogP contribution in [0.2, 0.25) is 0 Å². The van der Waals surface area contributed by atoms with Crippen LogP contribution < -0.4 is 5.73 Å². The van der Waals surface area contributed by atoms with Gasteiger partial charge in [-0.2, -0.15) is 0 Å². The van der Waals surface area contributed by atoms with Crippen LogP contribution in [0.3, 0.4) is 0 Å². The zero-order valence-electron chi connectivity index (χ0n) is 9.75. The van der Waals surface area contributed by atoms with Gasteiger partial charge in [0.15, 0.2) is 0 Å². The molecule has 0 bridgehead atoms. The normalized spacial score (nSPS) is 10.7. The number of nitrogens with zero attached hydrogens (tertiary/aromatic N) is 2. The van der Waals surface area contributed by atoms with Gasteiger partial charge in [0.05, 0.1) is 5.69 Å². The maximum Gasteiger partial charge on any atom is 0.226 e. The van der Waals surface area contributed by atoms with E-state index in [9.17, 15) is 0 Å². The minimum Gasteiger partial charge on any atom is -0.444 e. The zero-order chi connectivity index (χ0) is 12.5. The van der Waals surface area contributed by atoms with Crippen LogP contribution in [-0.2, 0) is 0 Å². The molecule has 0 amide bonds. The summed E-state index contributed by atoms with van der Waals surface area (Å²) in [6, 6.07) is 9.37. The molecule has 0 saturated heterocycles. The van der Waals surface area contributed by atoms with Crippen LogP contribution in [0.4, 0.5) is 5.88 Å². The van der Waals surface area contributed by atoms with Crippen molar-refractivity contribution in [2.45, 2.75) is 6.92 Å². The predicted octanol–water partition coefficient (Wildman–Crippen LogP) is 2.89. The summed E-state index contributed by atoms with van der Waals surface area (Å²) in [5.41, 5.74) is 8.91. The number of hydrogen-bond acceptors (Lipinski definition) is 5. The number of nitrogen functional groups attached to an aromatic ring is 1. The molecule has 0 radical (unpaired) electrons. The molecule has 2 heterocycles. The van der Waals surface area contributed by atoms with E-state index in [1.165, 1.54) is 0 Å². The lowest BCUT2D eigenvalue weighted by Crippen LogP contribution is -1.80. The summed E-state index contributed by atoms with van der Waals surface area (Å²) in [6.45, 7) is 1.89. The third kappa shape index (κ3) is 1.86. The van der Waals surface area contributed by atoms with Crippen molar-refractivity contribution in [3.8, 4) is 22.7 Å². The maximum atomic E-state index is 5.49. The molecule has 0 fully saturated rings. The summed E-state index contributed by atoms with van der Waals surface area (Å²) in [4.78, 5) is 4.27. The van der Waals surface area contributed by atoms with Crippen LogP contribution in [0.5, 0.6) is 0 Å². The van der Waals surface area contributed by atoms with Gasteiger partial charge in [-0.05, 0) is 19.1 Å². The number of aryl methyl sites for hydroxylation is 1. The Morgan fingerprint density at radius 3 is 2.39 bits per heavy atom. The van der Waals surface area contributed by atoms with E-state index in [-0.39, 0.29) is 0 Å². The molecule has 90 valence electrons. The Morgan fingerprint density at radius 2 is 1.83 bits per heavy atom. The molecule has 2 aromatic heterocycles. The Kier molecular flexibility index (Phi) is 2.37. The van der Waals surface area contributed by atoms with Crippen molar-refractivity contribution in [2.75, 3.05) is 5.73 Å². The fourth-order valence-electron chi connectivity index (χ4n) is 1.70. The van der Waals surface area contributed by atoms with Gasteiger partial charge < -0.3 is 14.7 Å². The van der Waals surface area contributed by atoms with Gasteiger partial charge in [0.2, 0.25) is 11.8 Å². The van der Waals surface area contributed by atoms with Crippen molar-refractivity contribution >= 4 is 5.88 Å². The van der Waals surface area contributed by atoms with Crippen molar-refractivity contribution in [1.29, 1.82) is 0 Å². The predicted molar refractivity (Wildman–Crippen MR) is 66.6 cm³/mol. The average molecular weight is 241 g/mol. The standard InChI is InChI=1S/C13H11N3O2/c1-8-7-17-13(15-8)10-4-2-9(3-5-10)11-6-12(14)18-16-11/h2-7H,14H2,1H3. The van der Waals surface area contributed by atoms with Gasteiger partial charge in [0.1, 0.15) is 12.0 Å². The lowest BCUT2D eigenvalue weighted by Gasteiger charge is -1.97. The molecule has 3 aromatic rings. The molecule has 0 aliphatic carbocycles. The average Bonchev–Trinajstić information content (AvgIpc) is 2.98. The van der Waals surface area contributed by atoms with Crippen molar-refractivity contribution in [3.63, 3.8) is 0 Å². The first-order valence-electron chi connectivity index (χ1n) is 5.47. The summed E-state index contributed by atoms with van der Waals surface area (Å²) < 4.78 is 10.2. The molecular formula is C13H11N3O2. The van der Waals surface area contributed by atoms with Crippen molar-refractivity contribution < 1.29 is 8.94 Å². The maximum absolute atomic E-state index is 5.49. The first kappa shape index (κ1) is 10.6. The second-order valence-electron chi connectivity index (χ2n) is 3.99. The van der Waals surface area contributed by atoms with E-state index in [1.807, 2.05) is 31.2 Å². The lowest BCUT2D eigenvalue weighted by atomic mass is 10.1. The number of anilines is 1. The highest BCUT2D eigenvalue weighted by Gasteiger charge is 2.07. The monoisotopic (exact) mass is 241 g/mol. The third-order valence-electron chi connectivity index (χ3n) is 2.58. The molecule has 0 aliphatic heterocycles. The van der Waals surface area contributed by atoms with Gasteiger partial charge in [-0.15, -0.1) is 0 Å². The van der Waals surface area contributed by atoms with Gasteiger partial charge in [0, 0.05) is 17.2 Å². The molecule has 1 aromatic carbocycles. The topological polar surface area (TPSA) is 78.1 Å². The quantitative estimate of drug-likeness (QED) is 0.746. The number of aromatic nitrogens is 2. The SMILES string of the molecule is Cc1coc(-c2ccc(-c3cc(N)on3)cc2)n1. The number of oxazole rings is 1.